The highest BCUT2D eigenvalue weighted by Gasteiger charge is 2.23. The first-order valence-electron chi connectivity index (χ1n) is 9.40. The van der Waals surface area contributed by atoms with E-state index >= 15 is 0 Å². The number of hydrogen-bond donors (Lipinski definition) is 2. The number of piperidine rings is 1. The molecule has 2 N–H and O–H groups in total. The van der Waals surface area contributed by atoms with Gasteiger partial charge in [0, 0.05) is 18.8 Å². The van der Waals surface area contributed by atoms with Crippen LogP contribution < -0.4 is 9.62 Å². The summed E-state index contributed by atoms with van der Waals surface area (Å²) in [5.41, 5.74) is 2.25. The Hall–Kier alpha value is -2.54. The monoisotopic (exact) mass is 402 g/mol. The number of carboxylic acid groups (broad SMARTS) is 1. The summed E-state index contributed by atoms with van der Waals surface area (Å²) in [6.45, 7) is 7.45. The number of anilines is 2. The lowest BCUT2D eigenvalue weighted by Crippen LogP contribution is -2.34. The van der Waals surface area contributed by atoms with Crippen molar-refractivity contribution in [3.8, 4) is 0 Å². The van der Waals surface area contributed by atoms with E-state index in [4.69, 9.17) is 0 Å². The average molecular weight is 403 g/mol. The molecule has 0 saturated carbocycles. The molecular formula is C21H26N2O4S. The Kier molecular flexibility index (Phi) is 5.65. The summed E-state index contributed by atoms with van der Waals surface area (Å²) >= 11 is 0. The molecule has 0 spiro atoms. The summed E-state index contributed by atoms with van der Waals surface area (Å²) in [6, 6.07) is 10.0. The molecule has 1 fully saturated rings. The van der Waals surface area contributed by atoms with Gasteiger partial charge in [0.15, 0.2) is 0 Å². The fraction of sp³-hybridized carbons (Fsp3) is 0.381. The molecule has 1 aliphatic heterocycles. The second-order valence-corrected chi connectivity index (χ2v) is 9.25. The highest BCUT2D eigenvalue weighted by atomic mass is 32.2. The van der Waals surface area contributed by atoms with Crippen molar-refractivity contribution in [3.63, 3.8) is 0 Å². The molecule has 2 aromatic rings. The zero-order chi connectivity index (χ0) is 20.5. The molecule has 2 aromatic carbocycles. The SMILES string of the molecule is Cc1ccc(C)c(S(=O)(=O)Nc2ccc(N3CCC[C@@H](C)C3)cc2C(=O)O)c1. The molecule has 1 atom stereocenters. The molecule has 0 aliphatic carbocycles. The van der Waals surface area contributed by atoms with Crippen LogP contribution in [0.15, 0.2) is 41.3 Å². The van der Waals surface area contributed by atoms with Gasteiger partial charge in [0.2, 0.25) is 0 Å². The molecule has 0 unspecified atom stereocenters. The van der Waals surface area contributed by atoms with Crippen LogP contribution in [0.25, 0.3) is 0 Å². The van der Waals surface area contributed by atoms with Crippen LogP contribution in [0.2, 0.25) is 0 Å². The third-order valence-electron chi connectivity index (χ3n) is 5.13. The van der Waals surface area contributed by atoms with Gasteiger partial charge in [-0.25, -0.2) is 13.2 Å². The Morgan fingerprint density at radius 3 is 2.61 bits per heavy atom. The molecule has 0 amide bonds. The number of nitrogens with one attached hydrogen (secondary N) is 1. The van der Waals surface area contributed by atoms with Gasteiger partial charge < -0.3 is 10.0 Å². The van der Waals surface area contributed by atoms with Gasteiger partial charge in [0.1, 0.15) is 0 Å². The minimum atomic E-state index is -3.90. The van der Waals surface area contributed by atoms with Crippen LogP contribution in [0.3, 0.4) is 0 Å². The first-order valence-corrected chi connectivity index (χ1v) is 10.9. The lowest BCUT2D eigenvalue weighted by Gasteiger charge is -2.33. The number of rotatable bonds is 5. The van der Waals surface area contributed by atoms with Crippen molar-refractivity contribution in [1.82, 2.24) is 0 Å². The fourth-order valence-corrected chi connectivity index (χ4v) is 5.03. The summed E-state index contributed by atoms with van der Waals surface area (Å²) < 4.78 is 28.2. The number of carboxylic acids is 1. The van der Waals surface area contributed by atoms with Gasteiger partial charge in [0.25, 0.3) is 10.0 Å². The molecule has 6 nitrogen and oxygen atoms in total. The molecule has 3 rings (SSSR count). The third-order valence-corrected chi connectivity index (χ3v) is 6.64. The molecule has 0 radical (unpaired) electrons. The van der Waals surface area contributed by atoms with Crippen molar-refractivity contribution in [2.45, 2.75) is 38.5 Å². The molecule has 28 heavy (non-hydrogen) atoms. The van der Waals surface area contributed by atoms with Crippen LogP contribution in [0, 0.1) is 19.8 Å². The second kappa shape index (κ2) is 7.83. The molecule has 150 valence electrons. The predicted molar refractivity (Wildman–Crippen MR) is 111 cm³/mol. The molecule has 1 aliphatic rings. The number of hydrogen-bond acceptors (Lipinski definition) is 4. The number of carbonyl (C=O) groups is 1. The minimum absolute atomic E-state index is 0.0513. The van der Waals surface area contributed by atoms with E-state index in [9.17, 15) is 18.3 Å². The zero-order valence-corrected chi connectivity index (χ0v) is 17.2. The van der Waals surface area contributed by atoms with Gasteiger partial charge in [0.05, 0.1) is 16.1 Å². The molecule has 0 aromatic heterocycles. The van der Waals surface area contributed by atoms with E-state index < -0.39 is 16.0 Å². The highest BCUT2D eigenvalue weighted by molar-refractivity contribution is 7.92. The number of aromatic carboxylic acids is 1. The molecule has 1 saturated heterocycles. The van der Waals surface area contributed by atoms with E-state index in [1.807, 2.05) is 13.0 Å². The van der Waals surface area contributed by atoms with Gasteiger partial charge in [-0.3, -0.25) is 4.72 Å². The van der Waals surface area contributed by atoms with Crippen LogP contribution in [0.1, 0.15) is 41.3 Å². The maximum Gasteiger partial charge on any atom is 0.337 e. The van der Waals surface area contributed by atoms with Crippen LogP contribution in [0.4, 0.5) is 11.4 Å². The summed E-state index contributed by atoms with van der Waals surface area (Å²) in [6.07, 6.45) is 2.22. The number of aryl methyl sites for hydroxylation is 2. The summed E-state index contributed by atoms with van der Waals surface area (Å²) in [4.78, 5) is 14.1. The van der Waals surface area contributed by atoms with Gasteiger partial charge in [-0.2, -0.15) is 0 Å². The topological polar surface area (TPSA) is 86.7 Å². The molecule has 1 heterocycles. The van der Waals surface area contributed by atoms with Crippen LogP contribution in [-0.2, 0) is 10.0 Å². The Labute approximate surface area is 166 Å². The summed E-state index contributed by atoms with van der Waals surface area (Å²) in [5, 5.41) is 9.65. The van der Waals surface area contributed by atoms with Crippen molar-refractivity contribution >= 4 is 27.4 Å². The largest absolute Gasteiger partial charge is 0.478 e. The normalized spacial score (nSPS) is 17.4. The minimum Gasteiger partial charge on any atom is -0.478 e. The van der Waals surface area contributed by atoms with Crippen LogP contribution in [0.5, 0.6) is 0 Å². The fourth-order valence-electron chi connectivity index (χ4n) is 3.62. The lowest BCUT2D eigenvalue weighted by atomic mass is 9.99. The summed E-state index contributed by atoms with van der Waals surface area (Å²) in [7, 11) is -3.90. The number of benzene rings is 2. The molecular weight excluding hydrogens is 376 g/mol. The van der Waals surface area contributed by atoms with Crippen LogP contribution >= 0.6 is 0 Å². The van der Waals surface area contributed by atoms with Gasteiger partial charge in [-0.1, -0.05) is 19.1 Å². The first-order chi connectivity index (χ1) is 13.2. The Balaban J connectivity index is 1.95. The van der Waals surface area contributed by atoms with Crippen molar-refractivity contribution in [3.05, 3.63) is 53.1 Å². The maximum absolute atomic E-state index is 12.9. The standard InChI is InChI=1S/C21H26N2O4S/c1-14-6-7-16(3)20(11-14)28(26,27)22-19-9-8-17(12-18(19)21(24)25)23-10-4-5-15(2)13-23/h6-9,11-12,15,22H,4-5,10,13H2,1-3H3,(H,24,25)/t15-/m1/s1. The Bertz CT molecular complexity index is 1000. The van der Waals surface area contributed by atoms with Crippen molar-refractivity contribution in [2.24, 2.45) is 5.92 Å². The molecule has 0 bridgehead atoms. The predicted octanol–water partition coefficient (Wildman–Crippen LogP) is 4.04. The van der Waals surface area contributed by atoms with E-state index in [1.165, 1.54) is 0 Å². The molecule has 7 heteroatoms. The first kappa shape index (κ1) is 20.2. The average Bonchev–Trinajstić information content (AvgIpc) is 2.63. The van der Waals surface area contributed by atoms with E-state index in [0.29, 0.717) is 11.5 Å². The van der Waals surface area contributed by atoms with E-state index in [1.54, 1.807) is 37.3 Å². The van der Waals surface area contributed by atoms with Crippen LogP contribution in [-0.4, -0.2) is 32.6 Å². The van der Waals surface area contributed by atoms with Gasteiger partial charge in [-0.15, -0.1) is 0 Å². The van der Waals surface area contributed by atoms with Crippen molar-refractivity contribution in [2.75, 3.05) is 22.7 Å². The zero-order valence-electron chi connectivity index (χ0n) is 16.4. The van der Waals surface area contributed by atoms with Crippen molar-refractivity contribution < 1.29 is 18.3 Å². The maximum atomic E-state index is 12.9. The third kappa shape index (κ3) is 4.30. The summed E-state index contributed by atoms with van der Waals surface area (Å²) in [5.74, 6) is -0.616. The smallest absolute Gasteiger partial charge is 0.337 e. The quantitative estimate of drug-likeness (QED) is 0.788. The van der Waals surface area contributed by atoms with E-state index in [2.05, 4.69) is 16.5 Å². The Morgan fingerprint density at radius 1 is 1.18 bits per heavy atom. The van der Waals surface area contributed by atoms with Gasteiger partial charge >= 0.3 is 5.97 Å². The number of sulfonamides is 1. The van der Waals surface area contributed by atoms with Gasteiger partial charge in [-0.05, 0) is 68.0 Å². The second-order valence-electron chi connectivity index (χ2n) is 7.60. The van der Waals surface area contributed by atoms with E-state index in [-0.39, 0.29) is 16.1 Å². The number of nitrogens with zero attached hydrogens (tertiary/aromatic N) is 1. The highest BCUT2D eigenvalue weighted by Crippen LogP contribution is 2.29. The Morgan fingerprint density at radius 2 is 1.93 bits per heavy atom. The van der Waals surface area contributed by atoms with E-state index in [0.717, 1.165) is 37.2 Å². The van der Waals surface area contributed by atoms with Crippen molar-refractivity contribution in [1.29, 1.82) is 0 Å². The lowest BCUT2D eigenvalue weighted by molar-refractivity contribution is 0.0698.